The molecule has 94 valence electrons. The molecule has 0 saturated carbocycles. The molecular weight excluding hydrogens is 254 g/mol. The third-order valence-corrected chi connectivity index (χ3v) is 2.84. The molecule has 18 heavy (non-hydrogen) atoms. The van der Waals surface area contributed by atoms with Gasteiger partial charge in [-0.2, -0.15) is 5.10 Å². The van der Waals surface area contributed by atoms with Gasteiger partial charge in [0.05, 0.1) is 22.8 Å². The van der Waals surface area contributed by atoms with Crippen LogP contribution in [-0.4, -0.2) is 27.4 Å². The Balaban J connectivity index is 2.27. The molecule has 1 unspecified atom stereocenters. The number of hydrogen-bond donors (Lipinski definition) is 2. The normalized spacial score (nSPS) is 12.3. The van der Waals surface area contributed by atoms with Crippen LogP contribution in [0.3, 0.4) is 0 Å². The van der Waals surface area contributed by atoms with Gasteiger partial charge in [-0.25, -0.2) is 4.68 Å². The van der Waals surface area contributed by atoms with E-state index in [2.05, 4.69) is 5.10 Å². The molecule has 0 spiro atoms. The van der Waals surface area contributed by atoms with E-state index >= 15 is 0 Å². The van der Waals surface area contributed by atoms with Crippen molar-refractivity contribution < 1.29 is 9.90 Å². The summed E-state index contributed by atoms with van der Waals surface area (Å²) in [5.41, 5.74) is 6.93. The van der Waals surface area contributed by atoms with Crippen LogP contribution in [0.15, 0.2) is 36.7 Å². The molecule has 0 aliphatic rings. The molecule has 0 aliphatic heterocycles. The molecule has 0 fully saturated rings. The third kappa shape index (κ3) is 2.52. The molecule has 1 atom stereocenters. The molecule has 0 saturated heterocycles. The fourth-order valence-corrected chi connectivity index (χ4v) is 1.82. The molecule has 0 aliphatic carbocycles. The Morgan fingerprint density at radius 3 is 2.56 bits per heavy atom. The molecule has 2 rings (SSSR count). The van der Waals surface area contributed by atoms with E-state index in [4.69, 9.17) is 22.4 Å². The molecule has 2 aromatic rings. The van der Waals surface area contributed by atoms with Crippen LogP contribution in [-0.2, 0) is 4.79 Å². The molecular formula is C12H12ClN3O2. The summed E-state index contributed by atoms with van der Waals surface area (Å²) in [6.45, 7) is 0.0717. The van der Waals surface area contributed by atoms with Crippen molar-refractivity contribution in [3.8, 4) is 5.69 Å². The van der Waals surface area contributed by atoms with Gasteiger partial charge in [-0.3, -0.25) is 4.79 Å². The number of halogens is 1. The van der Waals surface area contributed by atoms with Crippen LogP contribution < -0.4 is 5.73 Å². The van der Waals surface area contributed by atoms with Crippen molar-refractivity contribution in [2.45, 2.75) is 5.92 Å². The molecule has 1 aromatic carbocycles. The van der Waals surface area contributed by atoms with Crippen LogP contribution in [0.5, 0.6) is 0 Å². The number of carboxylic acids is 1. The van der Waals surface area contributed by atoms with E-state index in [0.717, 1.165) is 5.69 Å². The summed E-state index contributed by atoms with van der Waals surface area (Å²) in [6, 6.07) is 7.03. The Morgan fingerprint density at radius 2 is 2.11 bits per heavy atom. The molecule has 5 nitrogen and oxygen atoms in total. The number of rotatable bonds is 4. The number of hydrogen-bond acceptors (Lipinski definition) is 3. The summed E-state index contributed by atoms with van der Waals surface area (Å²) >= 11 is 5.78. The topological polar surface area (TPSA) is 81.1 Å². The van der Waals surface area contributed by atoms with Crippen molar-refractivity contribution >= 4 is 17.6 Å². The minimum Gasteiger partial charge on any atom is -0.481 e. The Hall–Kier alpha value is -1.85. The first-order valence-electron chi connectivity index (χ1n) is 5.35. The summed E-state index contributed by atoms with van der Waals surface area (Å²) in [5, 5.41) is 13.6. The lowest BCUT2D eigenvalue weighted by molar-refractivity contribution is -0.138. The first kappa shape index (κ1) is 12.6. The van der Waals surface area contributed by atoms with Crippen LogP contribution in [0, 0.1) is 0 Å². The zero-order chi connectivity index (χ0) is 13.1. The van der Waals surface area contributed by atoms with E-state index < -0.39 is 11.9 Å². The third-order valence-electron chi connectivity index (χ3n) is 2.64. The van der Waals surface area contributed by atoms with Crippen LogP contribution in [0.1, 0.15) is 11.5 Å². The van der Waals surface area contributed by atoms with Crippen LogP contribution >= 0.6 is 11.6 Å². The van der Waals surface area contributed by atoms with Gasteiger partial charge in [0.25, 0.3) is 0 Å². The summed E-state index contributed by atoms with van der Waals surface area (Å²) < 4.78 is 1.62. The molecule has 3 N–H and O–H groups in total. The van der Waals surface area contributed by atoms with Gasteiger partial charge in [0.1, 0.15) is 0 Å². The lowest BCUT2D eigenvalue weighted by atomic mass is 9.99. The average molecular weight is 266 g/mol. The zero-order valence-corrected chi connectivity index (χ0v) is 10.2. The van der Waals surface area contributed by atoms with Crippen molar-refractivity contribution in [2.24, 2.45) is 5.73 Å². The molecule has 1 heterocycles. The summed E-state index contributed by atoms with van der Waals surface area (Å²) in [5.74, 6) is -1.60. The van der Waals surface area contributed by atoms with E-state index in [9.17, 15) is 4.79 Å². The second-order valence-corrected chi connectivity index (χ2v) is 4.26. The quantitative estimate of drug-likeness (QED) is 0.881. The number of benzene rings is 1. The van der Waals surface area contributed by atoms with Gasteiger partial charge in [-0.1, -0.05) is 23.7 Å². The van der Waals surface area contributed by atoms with Gasteiger partial charge in [0.2, 0.25) is 0 Å². The van der Waals surface area contributed by atoms with Gasteiger partial charge >= 0.3 is 5.97 Å². The minimum atomic E-state index is -0.924. The highest BCUT2D eigenvalue weighted by atomic mass is 35.5. The molecule has 0 radical (unpaired) electrons. The van der Waals surface area contributed by atoms with E-state index in [1.54, 1.807) is 35.1 Å². The summed E-state index contributed by atoms with van der Waals surface area (Å²) in [7, 11) is 0. The maximum absolute atomic E-state index is 11.0. The van der Waals surface area contributed by atoms with Crippen molar-refractivity contribution in [3.05, 3.63) is 47.2 Å². The van der Waals surface area contributed by atoms with Gasteiger partial charge in [-0.15, -0.1) is 0 Å². The number of carbonyl (C=O) groups is 1. The van der Waals surface area contributed by atoms with Gasteiger partial charge in [-0.05, 0) is 17.7 Å². The minimum absolute atomic E-state index is 0.0717. The highest BCUT2D eigenvalue weighted by molar-refractivity contribution is 6.30. The Kier molecular flexibility index (Phi) is 3.64. The molecule has 1 aromatic heterocycles. The fraction of sp³-hybridized carbons (Fsp3) is 0.167. The Morgan fingerprint density at radius 1 is 1.44 bits per heavy atom. The second kappa shape index (κ2) is 5.20. The number of nitrogens with two attached hydrogens (primary N) is 1. The average Bonchev–Trinajstić information content (AvgIpc) is 2.77. The standard InChI is InChI=1S/C12H12ClN3O2/c13-9-6-15-16(7-9)10-3-1-8(2-4-10)11(5-14)12(17)18/h1-4,6-7,11H,5,14H2,(H,17,18). The van der Waals surface area contributed by atoms with Crippen LogP contribution in [0.25, 0.3) is 5.69 Å². The van der Waals surface area contributed by atoms with Crippen molar-refractivity contribution in [3.63, 3.8) is 0 Å². The van der Waals surface area contributed by atoms with E-state index in [1.807, 2.05) is 0 Å². The number of aromatic nitrogens is 2. The summed E-state index contributed by atoms with van der Waals surface area (Å²) in [4.78, 5) is 11.0. The largest absolute Gasteiger partial charge is 0.481 e. The van der Waals surface area contributed by atoms with Gasteiger partial charge in [0.15, 0.2) is 0 Å². The van der Waals surface area contributed by atoms with Crippen molar-refractivity contribution in [1.29, 1.82) is 0 Å². The van der Waals surface area contributed by atoms with E-state index in [-0.39, 0.29) is 6.54 Å². The Bertz CT molecular complexity index is 551. The zero-order valence-electron chi connectivity index (χ0n) is 9.45. The maximum Gasteiger partial charge on any atom is 0.312 e. The lowest BCUT2D eigenvalue weighted by Crippen LogP contribution is -2.21. The number of carboxylic acid groups (broad SMARTS) is 1. The van der Waals surface area contributed by atoms with Crippen LogP contribution in [0.4, 0.5) is 0 Å². The monoisotopic (exact) mass is 265 g/mol. The van der Waals surface area contributed by atoms with Crippen LogP contribution in [0.2, 0.25) is 5.02 Å². The highest BCUT2D eigenvalue weighted by Crippen LogP contribution is 2.18. The maximum atomic E-state index is 11.0. The predicted molar refractivity (Wildman–Crippen MR) is 68.0 cm³/mol. The smallest absolute Gasteiger partial charge is 0.312 e. The highest BCUT2D eigenvalue weighted by Gasteiger charge is 2.17. The SMILES string of the molecule is NCC(C(=O)O)c1ccc(-n2cc(Cl)cn2)cc1. The molecule has 0 amide bonds. The van der Waals surface area contributed by atoms with Crippen molar-refractivity contribution in [1.82, 2.24) is 9.78 Å². The van der Waals surface area contributed by atoms with Gasteiger partial charge in [0, 0.05) is 12.7 Å². The number of aliphatic carboxylic acids is 1. The molecule has 0 bridgehead atoms. The first-order chi connectivity index (χ1) is 8.61. The van der Waals surface area contributed by atoms with E-state index in [1.165, 1.54) is 6.20 Å². The second-order valence-electron chi connectivity index (χ2n) is 3.82. The summed E-state index contributed by atoms with van der Waals surface area (Å²) in [6.07, 6.45) is 3.21. The first-order valence-corrected chi connectivity index (χ1v) is 5.73. The lowest BCUT2D eigenvalue weighted by Gasteiger charge is -2.10. The van der Waals surface area contributed by atoms with Crippen molar-refractivity contribution in [2.75, 3.05) is 6.54 Å². The fourth-order valence-electron chi connectivity index (χ4n) is 1.68. The van der Waals surface area contributed by atoms with E-state index in [0.29, 0.717) is 10.6 Å². The predicted octanol–water partition coefficient (Wildman–Crippen LogP) is 1.65. The Labute approximate surface area is 109 Å². The molecule has 6 heteroatoms. The van der Waals surface area contributed by atoms with Gasteiger partial charge < -0.3 is 10.8 Å². The number of nitrogens with zero attached hydrogens (tertiary/aromatic N) is 2.